The maximum atomic E-state index is 9.85. The summed E-state index contributed by atoms with van der Waals surface area (Å²) in [4.78, 5) is 0. The van der Waals surface area contributed by atoms with Gasteiger partial charge in [-0.25, -0.2) is 0 Å². The average molecular weight is 247 g/mol. The van der Waals surface area contributed by atoms with Gasteiger partial charge in [-0.05, 0) is 6.92 Å². The van der Waals surface area contributed by atoms with Gasteiger partial charge in [0, 0.05) is 20.0 Å². The summed E-state index contributed by atoms with van der Waals surface area (Å²) in [6, 6.07) is 0. The summed E-state index contributed by atoms with van der Waals surface area (Å²) in [5.41, 5.74) is 0. The molecule has 0 amide bonds. The summed E-state index contributed by atoms with van der Waals surface area (Å²) < 4.78 is 45.8. The molecular formula is C8H18AlF4NO. The van der Waals surface area contributed by atoms with Gasteiger partial charge in [0.25, 0.3) is 0 Å². The average Bonchev–Trinajstić information content (AvgIpc) is 2.51. The van der Waals surface area contributed by atoms with E-state index < -0.39 is 14.9 Å². The first-order valence-electron chi connectivity index (χ1n) is 5.04. The van der Waals surface area contributed by atoms with Crippen molar-refractivity contribution in [2.45, 2.75) is 19.8 Å². The largest absolute Gasteiger partial charge is 1.04 e. The molecule has 0 spiro atoms. The molecule has 2 nitrogen and oxygen atoms in total. The molecule has 1 heterocycles. The first-order valence-corrected chi connectivity index (χ1v) is 6.79. The number of hydrogen-bond acceptors (Lipinski definition) is 1. The molecule has 0 aromatic rings. The topological polar surface area (TPSA) is 9.23 Å². The Bertz CT molecular complexity index is 165. The van der Waals surface area contributed by atoms with Gasteiger partial charge in [-0.2, -0.15) is 0 Å². The molecule has 0 N–H and O–H groups in total. The van der Waals surface area contributed by atoms with Gasteiger partial charge in [-0.15, -0.1) is 0 Å². The van der Waals surface area contributed by atoms with Crippen LogP contribution in [-0.4, -0.2) is 52.9 Å². The third-order valence-electron chi connectivity index (χ3n) is 2.59. The van der Waals surface area contributed by atoms with Crippen molar-refractivity contribution >= 4 is 14.9 Å². The monoisotopic (exact) mass is 247 g/mol. The minimum Gasteiger partial charge on any atom is -0.510 e. The number of methoxy groups -OCH3 is 1. The van der Waals surface area contributed by atoms with E-state index in [0.29, 0.717) is 0 Å². The minimum absolute atomic E-state index is 0.913. The van der Waals surface area contributed by atoms with Gasteiger partial charge in [-0.3, -0.25) is 0 Å². The number of rotatable bonds is 3. The van der Waals surface area contributed by atoms with Crippen molar-refractivity contribution in [3.63, 3.8) is 0 Å². The SMILES string of the molecule is CC[N+]1(COC)CCCC1.[F][Al-]([F])([F])[F]. The van der Waals surface area contributed by atoms with E-state index in [0.717, 1.165) is 6.73 Å². The minimum atomic E-state index is -6.83. The fraction of sp³-hybridized carbons (Fsp3) is 1.00. The molecule has 0 radical (unpaired) electrons. The second-order valence-electron chi connectivity index (χ2n) is 3.72. The van der Waals surface area contributed by atoms with Crippen LogP contribution < -0.4 is 0 Å². The van der Waals surface area contributed by atoms with Crippen LogP contribution in [0.15, 0.2) is 0 Å². The second kappa shape index (κ2) is 6.69. The highest BCUT2D eigenvalue weighted by Crippen LogP contribution is 2.18. The van der Waals surface area contributed by atoms with Crippen LogP contribution in [-0.2, 0) is 4.74 Å². The predicted molar refractivity (Wildman–Crippen MR) is 51.8 cm³/mol. The number of quaternary nitrogens is 1. The zero-order valence-electron chi connectivity index (χ0n) is 9.19. The lowest BCUT2D eigenvalue weighted by atomic mass is 10.4. The van der Waals surface area contributed by atoms with Crippen LogP contribution in [0.2, 0.25) is 0 Å². The van der Waals surface area contributed by atoms with Gasteiger partial charge in [-0.1, -0.05) is 0 Å². The number of nitrogens with zero attached hydrogens (tertiary/aromatic N) is 1. The molecule has 0 aromatic heterocycles. The molecule has 0 aliphatic carbocycles. The number of hydrogen-bond donors (Lipinski definition) is 0. The fourth-order valence-corrected chi connectivity index (χ4v) is 1.82. The number of ether oxygens (including phenoxy) is 1. The lowest BCUT2D eigenvalue weighted by Gasteiger charge is -2.31. The number of likely N-dealkylation sites (tertiary alicyclic amines) is 1. The highest BCUT2D eigenvalue weighted by atomic mass is 27.5. The zero-order chi connectivity index (χ0) is 11.9. The van der Waals surface area contributed by atoms with Gasteiger partial charge in [0.2, 0.25) is 0 Å². The lowest BCUT2D eigenvalue weighted by Crippen LogP contribution is -2.46. The van der Waals surface area contributed by atoms with Crippen molar-refractivity contribution < 1.29 is 23.3 Å². The summed E-state index contributed by atoms with van der Waals surface area (Å²) in [6.07, 6.45) is 2.77. The van der Waals surface area contributed by atoms with E-state index in [1.807, 2.05) is 0 Å². The Labute approximate surface area is 92.0 Å². The van der Waals surface area contributed by atoms with Crippen LogP contribution in [0.5, 0.6) is 0 Å². The van der Waals surface area contributed by atoms with E-state index >= 15 is 0 Å². The molecular weight excluding hydrogens is 229 g/mol. The quantitative estimate of drug-likeness (QED) is 0.423. The molecule has 1 aliphatic rings. The lowest BCUT2D eigenvalue weighted by molar-refractivity contribution is -0.932. The van der Waals surface area contributed by atoms with Crippen molar-refractivity contribution in [3.8, 4) is 0 Å². The van der Waals surface area contributed by atoms with Gasteiger partial charge in [0.15, 0.2) is 6.73 Å². The Hall–Kier alpha value is 0.172. The van der Waals surface area contributed by atoms with E-state index in [9.17, 15) is 14.1 Å². The van der Waals surface area contributed by atoms with Crippen LogP contribution >= 0.6 is 0 Å². The molecule has 0 atom stereocenters. The summed E-state index contributed by atoms with van der Waals surface area (Å²) in [7, 11) is 1.80. The Morgan fingerprint density at radius 2 is 1.53 bits per heavy atom. The highest BCUT2D eigenvalue weighted by Gasteiger charge is 2.41. The van der Waals surface area contributed by atoms with E-state index in [1.165, 1.54) is 37.0 Å². The maximum absolute atomic E-state index is 9.85. The Balaban J connectivity index is 0.000000336. The van der Waals surface area contributed by atoms with E-state index in [2.05, 4.69) is 6.92 Å². The zero-order valence-corrected chi connectivity index (χ0v) is 10.3. The van der Waals surface area contributed by atoms with Crippen molar-refractivity contribution in [1.82, 2.24) is 0 Å². The maximum Gasteiger partial charge on any atom is 1.04 e. The van der Waals surface area contributed by atoms with Gasteiger partial charge >= 0.3 is 14.9 Å². The van der Waals surface area contributed by atoms with Crippen molar-refractivity contribution in [2.24, 2.45) is 0 Å². The predicted octanol–water partition coefficient (Wildman–Crippen LogP) is 2.52. The first-order chi connectivity index (χ1) is 6.83. The first kappa shape index (κ1) is 15.2. The summed E-state index contributed by atoms with van der Waals surface area (Å²) in [5.74, 6) is 0. The normalized spacial score (nSPS) is 19.6. The Kier molecular flexibility index (Phi) is 6.77. The molecule has 1 fully saturated rings. The third-order valence-corrected chi connectivity index (χ3v) is 2.59. The van der Waals surface area contributed by atoms with Gasteiger partial charge < -0.3 is 23.3 Å². The summed E-state index contributed by atoms with van der Waals surface area (Å²) >= 11 is -6.83. The molecule has 1 saturated heterocycles. The van der Waals surface area contributed by atoms with Crippen LogP contribution in [0.3, 0.4) is 0 Å². The summed E-state index contributed by atoms with van der Waals surface area (Å²) in [5, 5.41) is 0. The molecule has 1 aliphatic heterocycles. The molecule has 92 valence electrons. The van der Waals surface area contributed by atoms with Crippen LogP contribution in [0.1, 0.15) is 19.8 Å². The molecule has 0 saturated carbocycles. The van der Waals surface area contributed by atoms with Gasteiger partial charge in [0.05, 0.1) is 19.6 Å². The molecule has 7 heteroatoms. The second-order valence-corrected chi connectivity index (χ2v) is 4.71. The van der Waals surface area contributed by atoms with Crippen molar-refractivity contribution in [3.05, 3.63) is 0 Å². The van der Waals surface area contributed by atoms with Crippen molar-refractivity contribution in [1.29, 1.82) is 0 Å². The smallest absolute Gasteiger partial charge is 0.510 e. The standard InChI is InChI=1S/C8H18NO.Al.4FH/c1-3-9(8-10-2)6-4-5-7-9;;;;;/h3-8H2,1-2H3;;4*1H/q+1;+3;;;;/p-4. The molecule has 0 aromatic carbocycles. The van der Waals surface area contributed by atoms with Crippen LogP contribution in [0.25, 0.3) is 0 Å². The highest BCUT2D eigenvalue weighted by molar-refractivity contribution is 6.50. The van der Waals surface area contributed by atoms with E-state index in [4.69, 9.17) is 4.74 Å². The Morgan fingerprint density at radius 1 is 1.13 bits per heavy atom. The fourth-order valence-electron chi connectivity index (χ4n) is 1.82. The van der Waals surface area contributed by atoms with Crippen LogP contribution in [0, 0.1) is 0 Å². The summed E-state index contributed by atoms with van der Waals surface area (Å²) in [6.45, 7) is 7.04. The van der Waals surface area contributed by atoms with Crippen molar-refractivity contribution in [2.75, 3.05) is 33.5 Å². The van der Waals surface area contributed by atoms with Crippen LogP contribution in [0.4, 0.5) is 14.1 Å². The van der Waals surface area contributed by atoms with Gasteiger partial charge in [0.1, 0.15) is 0 Å². The molecule has 0 unspecified atom stereocenters. The Morgan fingerprint density at radius 3 is 1.80 bits per heavy atom. The molecule has 15 heavy (non-hydrogen) atoms. The van der Waals surface area contributed by atoms with E-state index in [1.54, 1.807) is 7.11 Å². The third kappa shape index (κ3) is 8.03. The van der Waals surface area contributed by atoms with E-state index in [-0.39, 0.29) is 0 Å². The number of halogens is 4. The molecule has 0 bridgehead atoms. The molecule has 1 rings (SSSR count).